The lowest BCUT2D eigenvalue weighted by Crippen LogP contribution is -2.09. The van der Waals surface area contributed by atoms with Crippen molar-refractivity contribution < 1.29 is 33.3 Å². The summed E-state index contributed by atoms with van der Waals surface area (Å²) in [6, 6.07) is 11.7. The van der Waals surface area contributed by atoms with E-state index >= 15 is 0 Å². The predicted octanol–water partition coefficient (Wildman–Crippen LogP) is 5.51. The molecule has 2 unspecified atom stereocenters. The van der Waals surface area contributed by atoms with Crippen LogP contribution in [0.2, 0.25) is 0 Å². The Bertz CT molecular complexity index is 720. The maximum Gasteiger partial charge on any atom is 0.303 e. The van der Waals surface area contributed by atoms with E-state index in [-0.39, 0.29) is 30.3 Å². The van der Waals surface area contributed by atoms with Crippen molar-refractivity contribution in [3.8, 4) is 0 Å². The monoisotopic (exact) mass is 454 g/mol. The van der Waals surface area contributed by atoms with Gasteiger partial charge in [-0.3, -0.25) is 4.79 Å². The van der Waals surface area contributed by atoms with Crippen molar-refractivity contribution in [1.29, 1.82) is 0 Å². The first-order valence-electron chi connectivity index (χ1n) is 10.8. The zero-order chi connectivity index (χ0) is 24.4. The number of carbonyl (C=O) groups excluding carboxylic acids is 1. The Morgan fingerprint density at radius 3 is 1.84 bits per heavy atom. The number of hydrogen-bond donors (Lipinski definition) is 2. The molecule has 0 aromatic heterocycles. The van der Waals surface area contributed by atoms with Crippen molar-refractivity contribution in [3.63, 3.8) is 0 Å². The number of rotatable bonds is 10. The third-order valence-electron chi connectivity index (χ3n) is 4.26. The van der Waals surface area contributed by atoms with Gasteiger partial charge in [0.15, 0.2) is 0 Å². The second-order valence-corrected chi connectivity index (χ2v) is 6.72. The van der Waals surface area contributed by atoms with Gasteiger partial charge in [0, 0.05) is 27.2 Å². The van der Waals surface area contributed by atoms with E-state index in [4.69, 9.17) is 14.6 Å². The van der Waals surface area contributed by atoms with Gasteiger partial charge in [0.05, 0.1) is 6.10 Å². The van der Waals surface area contributed by atoms with E-state index in [1.54, 1.807) is 31.4 Å². The molecule has 2 N–H and O–H groups in total. The predicted molar refractivity (Wildman–Crippen MR) is 121 cm³/mol. The Hall–Kier alpha value is -2.35. The second-order valence-electron chi connectivity index (χ2n) is 6.72. The highest BCUT2D eigenvalue weighted by Crippen LogP contribution is 2.23. The van der Waals surface area contributed by atoms with Gasteiger partial charge in [-0.05, 0) is 61.1 Å². The molecule has 0 heterocycles. The molecule has 2 aromatic rings. The van der Waals surface area contributed by atoms with Crippen LogP contribution in [0.1, 0.15) is 69.8 Å². The Morgan fingerprint density at radius 2 is 1.41 bits per heavy atom. The fraction of sp³-hybridized carbons (Fsp3) is 0.480. The van der Waals surface area contributed by atoms with E-state index in [9.17, 15) is 18.7 Å². The smallest absolute Gasteiger partial charge is 0.303 e. The van der Waals surface area contributed by atoms with Gasteiger partial charge in [-0.2, -0.15) is 0 Å². The van der Waals surface area contributed by atoms with Gasteiger partial charge in [0.25, 0.3) is 0 Å². The van der Waals surface area contributed by atoms with Crippen molar-refractivity contribution in [3.05, 3.63) is 71.3 Å². The molecule has 0 spiro atoms. The first-order chi connectivity index (χ1) is 15.4. The largest absolute Gasteiger partial charge is 0.458 e. The molecule has 0 radical (unpaired) electrons. The van der Waals surface area contributed by atoms with Crippen molar-refractivity contribution in [1.82, 2.24) is 0 Å². The minimum Gasteiger partial charge on any atom is -0.458 e. The topological polar surface area (TPSA) is 76.0 Å². The Labute approximate surface area is 190 Å². The van der Waals surface area contributed by atoms with Crippen LogP contribution in [-0.4, -0.2) is 36.5 Å². The molecule has 0 aliphatic carbocycles. The molecule has 0 bridgehead atoms. The van der Waals surface area contributed by atoms with Crippen LogP contribution in [0.5, 0.6) is 0 Å². The van der Waals surface area contributed by atoms with E-state index in [1.807, 2.05) is 13.8 Å². The number of benzene rings is 2. The SMILES string of the molecule is CC.COCCCC(OC(C)=O)c1ccc(F)cc1.OCCCC(O)c1ccc(F)cc1. The molecule has 5 nitrogen and oxygen atoms in total. The summed E-state index contributed by atoms with van der Waals surface area (Å²) in [7, 11) is 1.62. The zero-order valence-corrected chi connectivity index (χ0v) is 19.4. The lowest BCUT2D eigenvalue weighted by Gasteiger charge is -2.17. The molecule has 2 atom stereocenters. The highest BCUT2D eigenvalue weighted by atomic mass is 19.1. The summed E-state index contributed by atoms with van der Waals surface area (Å²) in [5.41, 5.74) is 1.49. The molecule has 2 aromatic carbocycles. The summed E-state index contributed by atoms with van der Waals surface area (Å²) < 4.78 is 35.4. The number of aliphatic hydroxyl groups excluding tert-OH is 2. The van der Waals surface area contributed by atoms with Gasteiger partial charge in [-0.25, -0.2) is 8.78 Å². The van der Waals surface area contributed by atoms with Gasteiger partial charge in [-0.15, -0.1) is 0 Å². The molecule has 0 saturated heterocycles. The Balaban J connectivity index is 0.000000574. The fourth-order valence-electron chi connectivity index (χ4n) is 2.72. The Morgan fingerprint density at radius 1 is 0.906 bits per heavy atom. The van der Waals surface area contributed by atoms with Crippen molar-refractivity contribution >= 4 is 5.97 Å². The summed E-state index contributed by atoms with van der Waals surface area (Å²) >= 11 is 0. The number of methoxy groups -OCH3 is 1. The molecule has 0 amide bonds. The normalized spacial score (nSPS) is 11.9. The number of ether oxygens (including phenoxy) is 2. The third kappa shape index (κ3) is 13.1. The quantitative estimate of drug-likeness (QED) is 0.365. The molecule has 2 rings (SSSR count). The van der Waals surface area contributed by atoms with Gasteiger partial charge in [-0.1, -0.05) is 38.1 Å². The lowest BCUT2D eigenvalue weighted by atomic mass is 10.0. The molecule has 0 aliphatic heterocycles. The Kier molecular flexibility index (Phi) is 16.9. The van der Waals surface area contributed by atoms with Crippen LogP contribution in [0.4, 0.5) is 8.78 Å². The van der Waals surface area contributed by atoms with E-state index in [2.05, 4.69) is 0 Å². The molecule has 7 heteroatoms. The van der Waals surface area contributed by atoms with Gasteiger partial charge in [0.2, 0.25) is 0 Å². The first-order valence-corrected chi connectivity index (χ1v) is 10.8. The summed E-state index contributed by atoms with van der Waals surface area (Å²) in [5, 5.41) is 18.0. The summed E-state index contributed by atoms with van der Waals surface area (Å²) in [4.78, 5) is 11.0. The van der Waals surface area contributed by atoms with Crippen LogP contribution in [0.25, 0.3) is 0 Å². The summed E-state index contributed by atoms with van der Waals surface area (Å²) in [5.74, 6) is -0.943. The molecule has 0 aliphatic rings. The zero-order valence-electron chi connectivity index (χ0n) is 19.4. The minimum absolute atomic E-state index is 0.0677. The molecule has 32 heavy (non-hydrogen) atoms. The van der Waals surface area contributed by atoms with Crippen LogP contribution in [0.3, 0.4) is 0 Å². The van der Waals surface area contributed by atoms with Crippen LogP contribution in [0.15, 0.2) is 48.5 Å². The van der Waals surface area contributed by atoms with Crippen LogP contribution >= 0.6 is 0 Å². The summed E-state index contributed by atoms with van der Waals surface area (Å²) in [6.45, 7) is 6.05. The fourth-order valence-corrected chi connectivity index (χ4v) is 2.72. The number of aliphatic hydroxyl groups is 2. The van der Waals surface area contributed by atoms with Crippen molar-refractivity contribution in [2.24, 2.45) is 0 Å². The van der Waals surface area contributed by atoms with Crippen LogP contribution in [0, 0.1) is 11.6 Å². The molecular formula is C25H36F2O5. The third-order valence-corrected chi connectivity index (χ3v) is 4.26. The maximum atomic E-state index is 12.8. The van der Waals surface area contributed by atoms with E-state index in [1.165, 1.54) is 31.2 Å². The second kappa shape index (κ2) is 18.2. The van der Waals surface area contributed by atoms with E-state index < -0.39 is 6.10 Å². The number of halogens is 2. The highest BCUT2D eigenvalue weighted by molar-refractivity contribution is 5.66. The molecular weight excluding hydrogens is 418 g/mol. The van der Waals surface area contributed by atoms with Gasteiger partial charge >= 0.3 is 5.97 Å². The number of esters is 1. The van der Waals surface area contributed by atoms with Crippen LogP contribution < -0.4 is 0 Å². The lowest BCUT2D eigenvalue weighted by molar-refractivity contribution is -0.147. The van der Waals surface area contributed by atoms with Crippen LogP contribution in [-0.2, 0) is 14.3 Å². The number of hydrogen-bond acceptors (Lipinski definition) is 5. The van der Waals surface area contributed by atoms with Crippen molar-refractivity contribution in [2.45, 2.75) is 58.7 Å². The highest BCUT2D eigenvalue weighted by Gasteiger charge is 2.14. The maximum absolute atomic E-state index is 12.8. The average molecular weight is 455 g/mol. The van der Waals surface area contributed by atoms with E-state index in [0.29, 0.717) is 31.4 Å². The van der Waals surface area contributed by atoms with Crippen molar-refractivity contribution in [2.75, 3.05) is 20.3 Å². The molecule has 180 valence electrons. The minimum atomic E-state index is -0.604. The van der Waals surface area contributed by atoms with E-state index in [0.717, 1.165) is 12.0 Å². The summed E-state index contributed by atoms with van der Waals surface area (Å²) in [6.07, 6.45) is 1.57. The molecule has 0 saturated carbocycles. The number of carbonyl (C=O) groups is 1. The van der Waals surface area contributed by atoms with Gasteiger partial charge in [0.1, 0.15) is 17.7 Å². The molecule has 0 fully saturated rings. The average Bonchev–Trinajstić information content (AvgIpc) is 2.79. The first kappa shape index (κ1) is 29.7. The van der Waals surface area contributed by atoms with Gasteiger partial charge < -0.3 is 19.7 Å². The standard InChI is InChI=1S/C13H17FO3.C10H13FO2.C2H6/c1-10(15)17-13(4-3-9-16-2)11-5-7-12(14)8-6-11;11-9-5-3-8(4-6-9)10(13)2-1-7-12;1-2/h5-8,13H,3-4,9H2,1-2H3;3-6,10,12-13H,1-2,7H2;1-2H3.